The highest BCUT2D eigenvalue weighted by molar-refractivity contribution is 6.30. The maximum absolute atomic E-state index is 13.8. The molecule has 4 atom stereocenters. The van der Waals surface area contributed by atoms with E-state index in [1.54, 1.807) is 31.3 Å². The Morgan fingerprint density at radius 3 is 2.33 bits per heavy atom. The second-order valence-corrected chi connectivity index (χ2v) is 10.8. The van der Waals surface area contributed by atoms with E-state index in [9.17, 15) is 24.0 Å². The van der Waals surface area contributed by atoms with E-state index in [4.69, 9.17) is 16.3 Å². The summed E-state index contributed by atoms with van der Waals surface area (Å²) in [5.41, 5.74) is 0.387. The molecule has 0 aromatic heterocycles. The Labute approximate surface area is 234 Å². The largest absolute Gasteiger partial charge is 0.467 e. The molecule has 2 aliphatic rings. The Bertz CT molecular complexity index is 1040. The van der Waals surface area contributed by atoms with Crippen LogP contribution in [0.5, 0.6) is 0 Å². The number of esters is 1. The Balaban J connectivity index is 1.77. The summed E-state index contributed by atoms with van der Waals surface area (Å²) < 4.78 is 4.88. The molecule has 1 aliphatic carbocycles. The maximum atomic E-state index is 13.8. The Hall–Kier alpha value is -3.14. The number of halogens is 1. The zero-order valence-corrected chi connectivity index (χ0v) is 23.6. The standard InChI is InChI=1S/C28H39ClN4O6/c1-4-7-22(26(36)31-21(28(38)39-3)16-19-14-15-30-24(19)34)33(2)27(37)23(17-8-5-6-9-17)32-25(35)18-10-12-20(29)13-11-18/h10-13,17,19,21-23H,4-9,14-16H2,1-3H3,(H,30,34)(H,31,36)(H,32,35)/t19-,21-,22-,23+/m0/s1. The predicted octanol–water partition coefficient (Wildman–Crippen LogP) is 2.44. The molecule has 3 N–H and O–H groups in total. The van der Waals surface area contributed by atoms with Gasteiger partial charge in [0.25, 0.3) is 5.91 Å². The first-order chi connectivity index (χ1) is 18.7. The van der Waals surface area contributed by atoms with Crippen LogP contribution in [0.25, 0.3) is 0 Å². The number of nitrogens with one attached hydrogen (secondary N) is 3. The van der Waals surface area contributed by atoms with Gasteiger partial charge in [0.15, 0.2) is 0 Å². The molecule has 10 nitrogen and oxygen atoms in total. The molecule has 1 aliphatic heterocycles. The lowest BCUT2D eigenvalue weighted by Crippen LogP contribution is -2.57. The Morgan fingerprint density at radius 2 is 1.77 bits per heavy atom. The molecule has 214 valence electrons. The minimum Gasteiger partial charge on any atom is -0.467 e. The number of carbonyl (C=O) groups is 5. The van der Waals surface area contributed by atoms with Crippen LogP contribution < -0.4 is 16.0 Å². The van der Waals surface area contributed by atoms with Crippen LogP contribution in [0, 0.1) is 11.8 Å². The van der Waals surface area contributed by atoms with Crippen LogP contribution in [0.15, 0.2) is 24.3 Å². The van der Waals surface area contributed by atoms with E-state index in [0.29, 0.717) is 36.4 Å². The molecule has 4 amide bonds. The molecule has 2 fully saturated rings. The lowest BCUT2D eigenvalue weighted by molar-refractivity contribution is -0.147. The number of carbonyl (C=O) groups excluding carboxylic acids is 5. The molecule has 0 spiro atoms. The van der Waals surface area contributed by atoms with Gasteiger partial charge in [-0.2, -0.15) is 0 Å². The van der Waals surface area contributed by atoms with E-state index in [-0.39, 0.29) is 30.1 Å². The number of ether oxygens (including phenoxy) is 1. The third kappa shape index (κ3) is 7.94. The van der Waals surface area contributed by atoms with Crippen LogP contribution in [0.4, 0.5) is 0 Å². The molecular formula is C28H39ClN4O6. The van der Waals surface area contributed by atoms with Gasteiger partial charge in [-0.25, -0.2) is 4.79 Å². The summed E-state index contributed by atoms with van der Waals surface area (Å²) in [6.07, 6.45) is 5.15. The quantitative estimate of drug-likeness (QED) is 0.335. The summed E-state index contributed by atoms with van der Waals surface area (Å²) in [6, 6.07) is 3.74. The van der Waals surface area contributed by atoms with Crippen molar-refractivity contribution in [2.75, 3.05) is 20.7 Å². The number of likely N-dealkylation sites (N-methyl/N-ethyl adjacent to an activating group) is 1. The predicted molar refractivity (Wildman–Crippen MR) is 146 cm³/mol. The van der Waals surface area contributed by atoms with Crippen molar-refractivity contribution in [2.45, 2.75) is 76.4 Å². The SMILES string of the molecule is CCC[C@@H](C(=O)N[C@@H](C[C@@H]1CCNC1=O)C(=O)OC)N(C)C(=O)[C@H](NC(=O)c1ccc(Cl)cc1)C1CCCC1. The molecular weight excluding hydrogens is 524 g/mol. The first kappa shape index (κ1) is 30.4. The summed E-state index contributed by atoms with van der Waals surface area (Å²) >= 11 is 5.95. The van der Waals surface area contributed by atoms with Crippen molar-refractivity contribution in [2.24, 2.45) is 11.8 Å². The van der Waals surface area contributed by atoms with Gasteiger partial charge in [-0.3, -0.25) is 19.2 Å². The molecule has 1 heterocycles. The molecule has 1 saturated heterocycles. The Morgan fingerprint density at radius 1 is 1.10 bits per heavy atom. The lowest BCUT2D eigenvalue weighted by Gasteiger charge is -2.33. The van der Waals surface area contributed by atoms with Crippen molar-refractivity contribution in [3.05, 3.63) is 34.9 Å². The summed E-state index contributed by atoms with van der Waals surface area (Å²) in [7, 11) is 2.78. The van der Waals surface area contributed by atoms with E-state index < -0.39 is 35.9 Å². The van der Waals surface area contributed by atoms with E-state index in [1.165, 1.54) is 12.0 Å². The third-order valence-electron chi connectivity index (χ3n) is 7.70. The van der Waals surface area contributed by atoms with E-state index in [0.717, 1.165) is 25.7 Å². The average molecular weight is 563 g/mol. The summed E-state index contributed by atoms with van der Waals surface area (Å²) in [5.74, 6) is -2.52. The minimum absolute atomic E-state index is 0.0507. The fourth-order valence-corrected chi connectivity index (χ4v) is 5.55. The first-order valence-corrected chi connectivity index (χ1v) is 14.0. The van der Waals surface area contributed by atoms with Crippen LogP contribution >= 0.6 is 11.6 Å². The fourth-order valence-electron chi connectivity index (χ4n) is 5.42. The molecule has 1 aromatic carbocycles. The summed E-state index contributed by atoms with van der Waals surface area (Å²) in [5, 5.41) is 8.87. The molecule has 0 unspecified atom stereocenters. The van der Waals surface area contributed by atoms with Gasteiger partial charge in [-0.05, 0) is 62.3 Å². The van der Waals surface area contributed by atoms with Crippen LogP contribution in [0.3, 0.4) is 0 Å². The van der Waals surface area contributed by atoms with Gasteiger partial charge in [0, 0.05) is 30.1 Å². The molecule has 11 heteroatoms. The van der Waals surface area contributed by atoms with Crippen LogP contribution in [-0.4, -0.2) is 73.3 Å². The molecule has 39 heavy (non-hydrogen) atoms. The number of amides is 4. The number of rotatable bonds is 12. The van der Waals surface area contributed by atoms with Gasteiger partial charge < -0.3 is 25.6 Å². The Kier molecular flexibility index (Phi) is 11.2. The zero-order valence-electron chi connectivity index (χ0n) is 22.8. The van der Waals surface area contributed by atoms with E-state index >= 15 is 0 Å². The molecule has 1 aromatic rings. The highest BCUT2D eigenvalue weighted by atomic mass is 35.5. The van der Waals surface area contributed by atoms with Gasteiger partial charge in [0.05, 0.1) is 7.11 Å². The van der Waals surface area contributed by atoms with E-state index in [2.05, 4.69) is 16.0 Å². The fraction of sp³-hybridized carbons (Fsp3) is 0.607. The second kappa shape index (κ2) is 14.3. The third-order valence-corrected chi connectivity index (χ3v) is 7.95. The highest BCUT2D eigenvalue weighted by Crippen LogP contribution is 2.29. The smallest absolute Gasteiger partial charge is 0.328 e. The monoisotopic (exact) mass is 562 g/mol. The van der Waals surface area contributed by atoms with Crippen molar-refractivity contribution >= 4 is 41.2 Å². The van der Waals surface area contributed by atoms with E-state index in [1.807, 2.05) is 6.92 Å². The molecule has 0 bridgehead atoms. The van der Waals surface area contributed by atoms with Gasteiger partial charge >= 0.3 is 5.97 Å². The van der Waals surface area contributed by atoms with Crippen molar-refractivity contribution < 1.29 is 28.7 Å². The van der Waals surface area contributed by atoms with Crippen LogP contribution in [0.2, 0.25) is 5.02 Å². The number of methoxy groups -OCH3 is 1. The number of hydrogen-bond acceptors (Lipinski definition) is 6. The average Bonchev–Trinajstić information content (AvgIpc) is 3.61. The number of hydrogen-bond donors (Lipinski definition) is 3. The second-order valence-electron chi connectivity index (χ2n) is 10.4. The number of nitrogens with zero attached hydrogens (tertiary/aromatic N) is 1. The van der Waals surface area contributed by atoms with Crippen molar-refractivity contribution in [3.63, 3.8) is 0 Å². The number of benzene rings is 1. The van der Waals surface area contributed by atoms with Crippen LogP contribution in [0.1, 0.15) is 68.6 Å². The van der Waals surface area contributed by atoms with Gasteiger partial charge in [-0.1, -0.05) is 37.8 Å². The first-order valence-electron chi connectivity index (χ1n) is 13.6. The van der Waals surface area contributed by atoms with Crippen molar-refractivity contribution in [1.29, 1.82) is 0 Å². The zero-order chi connectivity index (χ0) is 28.5. The minimum atomic E-state index is -1.02. The van der Waals surface area contributed by atoms with Gasteiger partial charge in [0.1, 0.15) is 18.1 Å². The summed E-state index contributed by atoms with van der Waals surface area (Å²) in [4.78, 5) is 66.3. The maximum Gasteiger partial charge on any atom is 0.328 e. The van der Waals surface area contributed by atoms with Gasteiger partial charge in [0.2, 0.25) is 17.7 Å². The normalized spacial score (nSPS) is 19.5. The lowest BCUT2D eigenvalue weighted by atomic mass is 9.95. The van der Waals surface area contributed by atoms with Crippen molar-refractivity contribution in [1.82, 2.24) is 20.9 Å². The molecule has 1 saturated carbocycles. The van der Waals surface area contributed by atoms with Crippen molar-refractivity contribution in [3.8, 4) is 0 Å². The summed E-state index contributed by atoms with van der Waals surface area (Å²) in [6.45, 7) is 2.42. The van der Waals surface area contributed by atoms with Crippen LogP contribution in [-0.2, 0) is 23.9 Å². The molecule has 3 rings (SSSR count). The topological polar surface area (TPSA) is 134 Å². The molecule has 0 radical (unpaired) electrons. The van der Waals surface area contributed by atoms with Gasteiger partial charge in [-0.15, -0.1) is 0 Å². The highest BCUT2D eigenvalue weighted by Gasteiger charge is 2.39.